The van der Waals surface area contributed by atoms with E-state index in [0.29, 0.717) is 0 Å². The molecule has 0 aliphatic rings. The first-order valence-electron chi connectivity index (χ1n) is 10.2. The number of fused-ring (bicyclic) bond motifs is 2. The van der Waals surface area contributed by atoms with Crippen LogP contribution >= 0.6 is 7.92 Å². The molecule has 0 saturated carbocycles. The van der Waals surface area contributed by atoms with Crippen LogP contribution in [-0.2, 0) is 0 Å². The van der Waals surface area contributed by atoms with Gasteiger partial charge in [-0.2, -0.15) is 0 Å². The van der Waals surface area contributed by atoms with Gasteiger partial charge in [-0.3, -0.25) is 4.57 Å². The van der Waals surface area contributed by atoms with Gasteiger partial charge in [-0.15, -0.1) is 0 Å². The molecular formula is C27H19N2OP. The van der Waals surface area contributed by atoms with Crippen molar-refractivity contribution in [1.82, 2.24) is 9.55 Å². The Morgan fingerprint density at radius 2 is 1.35 bits per heavy atom. The zero-order valence-electron chi connectivity index (χ0n) is 16.7. The average Bonchev–Trinajstić information content (AvgIpc) is 3.44. The summed E-state index contributed by atoms with van der Waals surface area (Å²) in [4.78, 5) is 4.56. The molecule has 6 rings (SSSR count). The molecule has 31 heavy (non-hydrogen) atoms. The molecule has 0 spiro atoms. The van der Waals surface area contributed by atoms with Gasteiger partial charge >= 0.3 is 0 Å². The number of imidazole rings is 1. The number of benzene rings is 4. The zero-order valence-corrected chi connectivity index (χ0v) is 17.6. The Balaban J connectivity index is 1.55. The van der Waals surface area contributed by atoms with Crippen molar-refractivity contribution in [1.29, 1.82) is 0 Å². The zero-order chi connectivity index (χ0) is 20.6. The third-order valence-electron chi connectivity index (χ3n) is 5.54. The maximum absolute atomic E-state index is 5.93. The molecule has 4 heteroatoms. The second-order valence-corrected chi connectivity index (χ2v) is 9.63. The van der Waals surface area contributed by atoms with E-state index in [-0.39, 0.29) is 0 Å². The Hall–Kier alpha value is -3.68. The van der Waals surface area contributed by atoms with Crippen LogP contribution in [0.25, 0.3) is 27.7 Å². The molecule has 148 valence electrons. The van der Waals surface area contributed by atoms with Crippen LogP contribution in [0.3, 0.4) is 0 Å². The van der Waals surface area contributed by atoms with Crippen LogP contribution in [-0.4, -0.2) is 9.55 Å². The normalized spacial score (nSPS) is 11.5. The molecule has 0 fully saturated rings. The van der Waals surface area contributed by atoms with Crippen LogP contribution < -0.4 is 15.9 Å². The highest BCUT2D eigenvalue weighted by atomic mass is 31.1. The van der Waals surface area contributed by atoms with E-state index < -0.39 is 7.92 Å². The molecule has 0 N–H and O–H groups in total. The Bertz CT molecular complexity index is 1450. The third kappa shape index (κ3) is 3.15. The fourth-order valence-corrected chi connectivity index (χ4v) is 6.40. The highest BCUT2D eigenvalue weighted by molar-refractivity contribution is 7.79. The SMILES string of the molecule is c1ccc(P(c2ccccc2)c2ccc3occ(-n4cnc5ccccc54)c3c2)cc1. The lowest BCUT2D eigenvalue weighted by atomic mass is 10.2. The highest BCUT2D eigenvalue weighted by Gasteiger charge is 2.19. The summed E-state index contributed by atoms with van der Waals surface area (Å²) in [5.74, 6) is 0. The van der Waals surface area contributed by atoms with Crippen LogP contribution in [0, 0.1) is 0 Å². The summed E-state index contributed by atoms with van der Waals surface area (Å²) in [5, 5.41) is 5.06. The van der Waals surface area contributed by atoms with Gasteiger partial charge in [-0.05, 0) is 48.1 Å². The van der Waals surface area contributed by atoms with Crippen molar-refractivity contribution in [3.05, 3.63) is 116 Å². The highest BCUT2D eigenvalue weighted by Crippen LogP contribution is 2.35. The molecule has 6 aromatic rings. The Kier molecular flexibility index (Phi) is 4.40. The van der Waals surface area contributed by atoms with E-state index in [2.05, 4.69) is 94.5 Å². The Labute approximate surface area is 181 Å². The molecule has 0 radical (unpaired) electrons. The molecule has 0 aliphatic carbocycles. The summed E-state index contributed by atoms with van der Waals surface area (Å²) < 4.78 is 8.04. The summed E-state index contributed by atoms with van der Waals surface area (Å²) in [6.45, 7) is 0. The number of nitrogens with zero attached hydrogens (tertiary/aromatic N) is 2. The summed E-state index contributed by atoms with van der Waals surface area (Å²) in [6.07, 6.45) is 3.70. The minimum Gasteiger partial charge on any atom is -0.462 e. The molecule has 3 nitrogen and oxygen atoms in total. The van der Waals surface area contributed by atoms with Crippen molar-refractivity contribution < 1.29 is 4.42 Å². The van der Waals surface area contributed by atoms with Gasteiger partial charge in [0.05, 0.1) is 16.7 Å². The summed E-state index contributed by atoms with van der Waals surface area (Å²) in [7, 11) is -0.671. The molecule has 0 unspecified atom stereocenters. The van der Waals surface area contributed by atoms with Crippen molar-refractivity contribution in [2.45, 2.75) is 0 Å². The van der Waals surface area contributed by atoms with Crippen LogP contribution in [0.2, 0.25) is 0 Å². The van der Waals surface area contributed by atoms with Crippen LogP contribution in [0.4, 0.5) is 0 Å². The number of aromatic nitrogens is 2. The number of para-hydroxylation sites is 2. The fraction of sp³-hybridized carbons (Fsp3) is 0. The lowest BCUT2D eigenvalue weighted by Crippen LogP contribution is -2.20. The standard InChI is InChI=1S/C27H19N2OP/c1-3-9-20(10-4-1)31(21-11-5-2-6-12-21)22-15-16-27-23(17-22)26(18-30-27)29-19-28-24-13-7-8-14-25(24)29/h1-19H. The van der Waals surface area contributed by atoms with Gasteiger partial charge in [0.25, 0.3) is 0 Å². The molecule has 0 aliphatic heterocycles. The quantitative estimate of drug-likeness (QED) is 0.353. The topological polar surface area (TPSA) is 31.0 Å². The van der Waals surface area contributed by atoms with Gasteiger partial charge in [-0.1, -0.05) is 78.9 Å². The minimum atomic E-state index is -0.671. The van der Waals surface area contributed by atoms with E-state index in [1.165, 1.54) is 15.9 Å². The van der Waals surface area contributed by atoms with E-state index in [1.54, 1.807) is 0 Å². The molecular weight excluding hydrogens is 399 g/mol. The third-order valence-corrected chi connectivity index (χ3v) is 7.96. The van der Waals surface area contributed by atoms with Gasteiger partial charge in [0, 0.05) is 5.39 Å². The van der Waals surface area contributed by atoms with Crippen LogP contribution in [0.15, 0.2) is 120 Å². The van der Waals surface area contributed by atoms with Crippen molar-refractivity contribution in [2.75, 3.05) is 0 Å². The smallest absolute Gasteiger partial charge is 0.136 e. The average molecular weight is 418 g/mol. The maximum atomic E-state index is 5.93. The lowest BCUT2D eigenvalue weighted by molar-refractivity contribution is 0.613. The number of furan rings is 1. The summed E-state index contributed by atoms with van der Waals surface area (Å²) in [5.41, 5.74) is 3.95. The summed E-state index contributed by atoms with van der Waals surface area (Å²) >= 11 is 0. The molecule has 0 saturated heterocycles. The first-order valence-corrected chi connectivity index (χ1v) is 11.6. The van der Waals surface area contributed by atoms with Crippen molar-refractivity contribution in [2.24, 2.45) is 0 Å². The number of hydrogen-bond acceptors (Lipinski definition) is 2. The molecule has 0 amide bonds. The van der Waals surface area contributed by atoms with E-state index in [0.717, 1.165) is 27.7 Å². The molecule has 0 bridgehead atoms. The predicted octanol–water partition coefficient (Wildman–Crippen LogP) is 5.53. The van der Waals surface area contributed by atoms with Crippen LogP contribution in [0.5, 0.6) is 0 Å². The first kappa shape index (κ1) is 18.1. The molecule has 2 aromatic heterocycles. The minimum absolute atomic E-state index is 0.671. The monoisotopic (exact) mass is 418 g/mol. The van der Waals surface area contributed by atoms with E-state index >= 15 is 0 Å². The fourth-order valence-electron chi connectivity index (χ4n) is 4.08. The van der Waals surface area contributed by atoms with E-state index in [1.807, 2.05) is 30.8 Å². The van der Waals surface area contributed by atoms with E-state index in [9.17, 15) is 0 Å². The van der Waals surface area contributed by atoms with Gasteiger partial charge in [0.15, 0.2) is 0 Å². The lowest BCUT2D eigenvalue weighted by Gasteiger charge is -2.19. The number of hydrogen-bond donors (Lipinski definition) is 0. The maximum Gasteiger partial charge on any atom is 0.136 e. The van der Waals surface area contributed by atoms with Gasteiger partial charge in [0.1, 0.15) is 18.2 Å². The Morgan fingerprint density at radius 3 is 2.10 bits per heavy atom. The Morgan fingerprint density at radius 1 is 0.677 bits per heavy atom. The van der Waals surface area contributed by atoms with Crippen molar-refractivity contribution >= 4 is 45.8 Å². The van der Waals surface area contributed by atoms with Gasteiger partial charge in [-0.25, -0.2) is 4.98 Å². The van der Waals surface area contributed by atoms with Gasteiger partial charge in [0.2, 0.25) is 0 Å². The second-order valence-electron chi connectivity index (χ2n) is 7.41. The summed E-state index contributed by atoms with van der Waals surface area (Å²) in [6, 6.07) is 36.3. The van der Waals surface area contributed by atoms with Crippen molar-refractivity contribution in [3.8, 4) is 5.69 Å². The number of rotatable bonds is 4. The van der Waals surface area contributed by atoms with Crippen LogP contribution in [0.1, 0.15) is 0 Å². The molecule has 4 aromatic carbocycles. The van der Waals surface area contributed by atoms with E-state index in [4.69, 9.17) is 4.42 Å². The molecule has 2 heterocycles. The molecule has 0 atom stereocenters. The largest absolute Gasteiger partial charge is 0.462 e. The first-order chi connectivity index (χ1) is 15.4. The van der Waals surface area contributed by atoms with Crippen molar-refractivity contribution in [3.63, 3.8) is 0 Å². The second kappa shape index (κ2) is 7.54. The predicted molar refractivity (Wildman–Crippen MR) is 130 cm³/mol. The van der Waals surface area contributed by atoms with Gasteiger partial charge < -0.3 is 4.42 Å².